The van der Waals surface area contributed by atoms with E-state index >= 15 is 0 Å². The molecule has 0 fully saturated rings. The van der Waals surface area contributed by atoms with Gasteiger partial charge >= 0.3 is 6.18 Å². The third-order valence-electron chi connectivity index (χ3n) is 3.08. The molecular formula is C15H10F3N3. The largest absolute Gasteiger partial charge is 0.416 e. The fourth-order valence-corrected chi connectivity index (χ4v) is 1.98. The first-order valence-corrected chi connectivity index (χ1v) is 6.13. The molecule has 0 spiro atoms. The molecule has 21 heavy (non-hydrogen) atoms. The monoisotopic (exact) mass is 289 g/mol. The van der Waals surface area contributed by atoms with E-state index in [2.05, 4.69) is 9.97 Å². The lowest BCUT2D eigenvalue weighted by atomic mass is 10.1. The Labute approximate surface area is 118 Å². The Morgan fingerprint density at radius 3 is 2.33 bits per heavy atom. The van der Waals surface area contributed by atoms with E-state index in [1.54, 1.807) is 24.3 Å². The van der Waals surface area contributed by atoms with Gasteiger partial charge in [-0.25, -0.2) is 9.97 Å². The second-order valence-electron chi connectivity index (χ2n) is 4.59. The van der Waals surface area contributed by atoms with Gasteiger partial charge in [-0.3, -0.25) is 0 Å². The van der Waals surface area contributed by atoms with Crippen molar-refractivity contribution in [3.8, 4) is 11.4 Å². The highest BCUT2D eigenvalue weighted by Crippen LogP contribution is 2.31. The minimum absolute atomic E-state index is 0.351. The zero-order chi connectivity index (χ0) is 15.0. The fraction of sp³-hybridized carbons (Fsp3) is 0.0667. The molecule has 0 bridgehead atoms. The van der Waals surface area contributed by atoms with Gasteiger partial charge in [-0.2, -0.15) is 13.2 Å². The molecule has 0 aliphatic rings. The minimum atomic E-state index is -4.37. The maximum Gasteiger partial charge on any atom is 0.416 e. The number of nitrogens with zero attached hydrogens (tertiary/aromatic N) is 2. The second-order valence-corrected chi connectivity index (χ2v) is 4.59. The second kappa shape index (κ2) is 4.73. The lowest BCUT2D eigenvalue weighted by Gasteiger charge is -2.08. The van der Waals surface area contributed by atoms with Crippen LogP contribution in [0.4, 0.5) is 18.9 Å². The van der Waals surface area contributed by atoms with Crippen molar-refractivity contribution in [3.63, 3.8) is 0 Å². The summed E-state index contributed by atoms with van der Waals surface area (Å²) >= 11 is 0. The standard InChI is InChI=1S/C15H10F3N3/c16-15(17,18)11-3-6-13-10(7-11)8-20-14(21-13)9-1-4-12(19)5-2-9/h1-8H,19H2. The van der Waals surface area contributed by atoms with E-state index in [-0.39, 0.29) is 0 Å². The van der Waals surface area contributed by atoms with E-state index in [1.165, 1.54) is 12.3 Å². The van der Waals surface area contributed by atoms with E-state index < -0.39 is 11.7 Å². The van der Waals surface area contributed by atoms with Crippen molar-refractivity contribution >= 4 is 16.6 Å². The third kappa shape index (κ3) is 2.65. The number of fused-ring (bicyclic) bond motifs is 1. The molecule has 0 saturated heterocycles. The van der Waals surface area contributed by atoms with Gasteiger partial charge in [0.1, 0.15) is 0 Å². The van der Waals surface area contributed by atoms with Gasteiger partial charge < -0.3 is 5.73 Å². The van der Waals surface area contributed by atoms with Gasteiger partial charge in [-0.15, -0.1) is 0 Å². The van der Waals surface area contributed by atoms with E-state index in [0.717, 1.165) is 17.7 Å². The maximum atomic E-state index is 12.6. The van der Waals surface area contributed by atoms with Gasteiger partial charge in [-0.05, 0) is 42.5 Å². The first-order valence-electron chi connectivity index (χ1n) is 6.13. The number of benzene rings is 2. The molecule has 1 aromatic heterocycles. The van der Waals surface area contributed by atoms with Crippen LogP contribution in [-0.2, 0) is 6.18 Å². The van der Waals surface area contributed by atoms with Gasteiger partial charge in [0.15, 0.2) is 5.82 Å². The van der Waals surface area contributed by atoms with E-state index in [0.29, 0.717) is 22.4 Å². The number of nitrogens with two attached hydrogens (primary N) is 1. The zero-order valence-electron chi connectivity index (χ0n) is 10.7. The van der Waals surface area contributed by atoms with Gasteiger partial charge in [-0.1, -0.05) is 0 Å². The zero-order valence-corrected chi connectivity index (χ0v) is 10.7. The molecule has 0 atom stereocenters. The van der Waals surface area contributed by atoms with Crippen LogP contribution < -0.4 is 5.73 Å². The number of alkyl halides is 3. The van der Waals surface area contributed by atoms with Crippen molar-refractivity contribution in [2.75, 3.05) is 5.73 Å². The van der Waals surface area contributed by atoms with Crippen LogP contribution in [0.3, 0.4) is 0 Å². The van der Waals surface area contributed by atoms with Crippen molar-refractivity contribution < 1.29 is 13.2 Å². The fourth-order valence-electron chi connectivity index (χ4n) is 1.98. The molecule has 106 valence electrons. The summed E-state index contributed by atoms with van der Waals surface area (Å²) < 4.78 is 37.9. The SMILES string of the molecule is Nc1ccc(-c2ncc3cc(C(F)(F)F)ccc3n2)cc1. The quantitative estimate of drug-likeness (QED) is 0.691. The van der Waals surface area contributed by atoms with Crippen LogP contribution in [0.15, 0.2) is 48.7 Å². The van der Waals surface area contributed by atoms with E-state index in [4.69, 9.17) is 5.73 Å². The molecule has 0 unspecified atom stereocenters. The predicted octanol–water partition coefficient (Wildman–Crippen LogP) is 3.90. The van der Waals surface area contributed by atoms with Crippen molar-refractivity contribution in [1.82, 2.24) is 9.97 Å². The minimum Gasteiger partial charge on any atom is -0.399 e. The molecular weight excluding hydrogens is 279 g/mol. The van der Waals surface area contributed by atoms with Crippen LogP contribution in [0.1, 0.15) is 5.56 Å². The molecule has 3 aromatic rings. The summed E-state index contributed by atoms with van der Waals surface area (Å²) in [5, 5.41) is 0.351. The number of rotatable bonds is 1. The van der Waals surface area contributed by atoms with Crippen LogP contribution in [0.2, 0.25) is 0 Å². The Morgan fingerprint density at radius 1 is 0.952 bits per heavy atom. The smallest absolute Gasteiger partial charge is 0.399 e. The Morgan fingerprint density at radius 2 is 1.67 bits per heavy atom. The molecule has 3 rings (SSSR count). The van der Waals surface area contributed by atoms with Crippen LogP contribution in [0.25, 0.3) is 22.3 Å². The molecule has 0 aliphatic carbocycles. The van der Waals surface area contributed by atoms with Crippen LogP contribution >= 0.6 is 0 Å². The summed E-state index contributed by atoms with van der Waals surface area (Å²) in [6.45, 7) is 0. The van der Waals surface area contributed by atoms with Gasteiger partial charge in [0.25, 0.3) is 0 Å². The Hall–Kier alpha value is -2.63. The Bertz CT molecular complexity index is 795. The molecule has 0 saturated carbocycles. The number of hydrogen-bond donors (Lipinski definition) is 1. The normalized spacial score (nSPS) is 11.8. The third-order valence-corrected chi connectivity index (χ3v) is 3.08. The number of anilines is 1. The molecule has 3 nitrogen and oxygen atoms in total. The maximum absolute atomic E-state index is 12.6. The lowest BCUT2D eigenvalue weighted by molar-refractivity contribution is -0.137. The van der Waals surface area contributed by atoms with Gasteiger partial charge in [0.05, 0.1) is 11.1 Å². The lowest BCUT2D eigenvalue weighted by Crippen LogP contribution is -2.04. The van der Waals surface area contributed by atoms with Crippen LogP contribution in [0, 0.1) is 0 Å². The van der Waals surface area contributed by atoms with Gasteiger partial charge in [0, 0.05) is 22.8 Å². The topological polar surface area (TPSA) is 51.8 Å². The van der Waals surface area contributed by atoms with E-state index in [1.807, 2.05) is 0 Å². The summed E-state index contributed by atoms with van der Waals surface area (Å²) in [6, 6.07) is 10.4. The number of hydrogen-bond acceptors (Lipinski definition) is 3. The first kappa shape index (κ1) is 13.4. The van der Waals surface area contributed by atoms with Crippen molar-refractivity contribution in [2.45, 2.75) is 6.18 Å². The predicted molar refractivity (Wildman–Crippen MR) is 74.4 cm³/mol. The van der Waals surface area contributed by atoms with E-state index in [9.17, 15) is 13.2 Å². The highest BCUT2D eigenvalue weighted by atomic mass is 19.4. The average molecular weight is 289 g/mol. The summed E-state index contributed by atoms with van der Waals surface area (Å²) in [4.78, 5) is 8.39. The molecule has 2 N–H and O–H groups in total. The highest BCUT2D eigenvalue weighted by molar-refractivity contribution is 5.80. The molecule has 0 amide bonds. The number of nitrogen functional groups attached to an aromatic ring is 1. The van der Waals surface area contributed by atoms with Crippen molar-refractivity contribution in [3.05, 3.63) is 54.2 Å². The number of aromatic nitrogens is 2. The highest BCUT2D eigenvalue weighted by Gasteiger charge is 2.30. The summed E-state index contributed by atoms with van der Waals surface area (Å²) in [5.41, 5.74) is 6.73. The summed E-state index contributed by atoms with van der Waals surface area (Å²) in [7, 11) is 0. The van der Waals surface area contributed by atoms with Crippen LogP contribution in [-0.4, -0.2) is 9.97 Å². The molecule has 6 heteroatoms. The Balaban J connectivity index is 2.07. The molecule has 1 heterocycles. The molecule has 0 radical (unpaired) electrons. The molecule has 0 aliphatic heterocycles. The molecule has 2 aromatic carbocycles. The first-order chi connectivity index (χ1) is 9.93. The van der Waals surface area contributed by atoms with Crippen LogP contribution in [0.5, 0.6) is 0 Å². The number of halogens is 3. The van der Waals surface area contributed by atoms with Crippen molar-refractivity contribution in [1.29, 1.82) is 0 Å². The van der Waals surface area contributed by atoms with Gasteiger partial charge in [0.2, 0.25) is 0 Å². The average Bonchev–Trinajstić information content (AvgIpc) is 2.46. The van der Waals surface area contributed by atoms with Crippen molar-refractivity contribution in [2.24, 2.45) is 0 Å². The Kier molecular flexibility index (Phi) is 3.01. The summed E-state index contributed by atoms with van der Waals surface area (Å²) in [6.07, 6.45) is -2.98. The summed E-state index contributed by atoms with van der Waals surface area (Å²) in [5.74, 6) is 0.447.